The Balaban J connectivity index is 1.93. The zero-order valence-electron chi connectivity index (χ0n) is 12.2. The van der Waals surface area contributed by atoms with Crippen LogP contribution in [0.2, 0.25) is 5.02 Å². The fraction of sp³-hybridized carbons (Fsp3) is 0.588. The van der Waals surface area contributed by atoms with Gasteiger partial charge in [-0.2, -0.15) is 0 Å². The van der Waals surface area contributed by atoms with Crippen LogP contribution in [0.15, 0.2) is 22.7 Å². The molecule has 3 heteroatoms. The minimum Gasteiger partial charge on any atom is -0.299 e. The molecule has 0 radical (unpaired) electrons. The highest BCUT2D eigenvalue weighted by molar-refractivity contribution is 9.10. The monoisotopic (exact) mass is 356 g/mol. The maximum absolute atomic E-state index is 12.4. The standard InChI is InChI=1S/C17H22BrClO/c1-11(2)12-3-5-13(6-4-12)17(20)9-14-7-8-15(18)10-16(14)19/h7-8,10-13H,3-6,9H2,1-2H3. The minimum absolute atomic E-state index is 0.240. The van der Waals surface area contributed by atoms with Crippen LogP contribution >= 0.6 is 27.5 Å². The van der Waals surface area contributed by atoms with E-state index in [1.807, 2.05) is 18.2 Å². The summed E-state index contributed by atoms with van der Waals surface area (Å²) in [4.78, 5) is 12.4. The summed E-state index contributed by atoms with van der Waals surface area (Å²) in [5, 5.41) is 0.684. The molecule has 1 aromatic rings. The van der Waals surface area contributed by atoms with Crippen LogP contribution in [0.5, 0.6) is 0 Å². The van der Waals surface area contributed by atoms with E-state index in [9.17, 15) is 4.79 Å². The molecule has 1 fully saturated rings. The lowest BCUT2D eigenvalue weighted by Gasteiger charge is -2.30. The fourth-order valence-electron chi connectivity index (χ4n) is 3.10. The van der Waals surface area contributed by atoms with Crippen LogP contribution in [0, 0.1) is 17.8 Å². The van der Waals surface area contributed by atoms with Crippen molar-refractivity contribution in [3.63, 3.8) is 0 Å². The van der Waals surface area contributed by atoms with E-state index in [1.54, 1.807) is 0 Å². The summed E-state index contributed by atoms with van der Waals surface area (Å²) >= 11 is 9.58. The predicted molar refractivity (Wildman–Crippen MR) is 88.1 cm³/mol. The second kappa shape index (κ2) is 7.09. The maximum atomic E-state index is 12.4. The highest BCUT2D eigenvalue weighted by atomic mass is 79.9. The van der Waals surface area contributed by atoms with Crippen molar-refractivity contribution in [2.24, 2.45) is 17.8 Å². The zero-order chi connectivity index (χ0) is 14.7. The van der Waals surface area contributed by atoms with Gasteiger partial charge in [-0.1, -0.05) is 47.4 Å². The van der Waals surface area contributed by atoms with Gasteiger partial charge in [0.15, 0.2) is 0 Å². The van der Waals surface area contributed by atoms with E-state index >= 15 is 0 Å². The van der Waals surface area contributed by atoms with E-state index in [2.05, 4.69) is 29.8 Å². The molecule has 0 aromatic heterocycles. The number of carbonyl (C=O) groups excluding carboxylic acids is 1. The van der Waals surface area contributed by atoms with Crippen LogP contribution in [-0.2, 0) is 11.2 Å². The SMILES string of the molecule is CC(C)C1CCC(C(=O)Cc2ccc(Br)cc2Cl)CC1. The zero-order valence-corrected chi connectivity index (χ0v) is 14.5. The molecule has 0 spiro atoms. The first-order valence-corrected chi connectivity index (χ1v) is 8.61. The Hall–Kier alpha value is -0.340. The third-order valence-corrected chi connectivity index (χ3v) is 5.39. The molecule has 1 aliphatic carbocycles. The van der Waals surface area contributed by atoms with E-state index in [0.29, 0.717) is 17.2 Å². The van der Waals surface area contributed by atoms with Crippen LogP contribution in [0.25, 0.3) is 0 Å². The van der Waals surface area contributed by atoms with E-state index in [0.717, 1.165) is 34.7 Å². The van der Waals surface area contributed by atoms with Crippen molar-refractivity contribution in [1.82, 2.24) is 0 Å². The van der Waals surface area contributed by atoms with Gasteiger partial charge in [0.1, 0.15) is 5.78 Å². The third kappa shape index (κ3) is 4.08. The Morgan fingerprint density at radius 3 is 2.50 bits per heavy atom. The molecule has 2 rings (SSSR count). The summed E-state index contributed by atoms with van der Waals surface area (Å²) in [6.45, 7) is 4.57. The first kappa shape index (κ1) is 16.0. The van der Waals surface area contributed by atoms with Gasteiger partial charge in [0, 0.05) is 21.8 Å². The van der Waals surface area contributed by atoms with E-state index in [1.165, 1.54) is 12.8 Å². The summed E-state index contributed by atoms with van der Waals surface area (Å²) in [6, 6.07) is 5.76. The highest BCUT2D eigenvalue weighted by Crippen LogP contribution is 2.34. The van der Waals surface area contributed by atoms with Gasteiger partial charge in [0.2, 0.25) is 0 Å². The predicted octanol–water partition coefficient (Wildman–Crippen LogP) is 5.68. The molecule has 0 heterocycles. The summed E-state index contributed by atoms with van der Waals surface area (Å²) in [6.07, 6.45) is 4.97. The quantitative estimate of drug-likeness (QED) is 0.678. The molecule has 0 aliphatic heterocycles. The second-order valence-electron chi connectivity index (χ2n) is 6.23. The first-order chi connectivity index (χ1) is 9.47. The van der Waals surface area contributed by atoms with Gasteiger partial charge in [-0.25, -0.2) is 0 Å². The van der Waals surface area contributed by atoms with Crippen LogP contribution in [0.4, 0.5) is 0 Å². The summed E-state index contributed by atoms with van der Waals surface area (Å²) in [5.41, 5.74) is 0.950. The Kier molecular flexibility index (Phi) is 5.68. The molecule has 0 amide bonds. The van der Waals surface area contributed by atoms with Gasteiger partial charge in [-0.3, -0.25) is 4.79 Å². The minimum atomic E-state index is 0.240. The lowest BCUT2D eigenvalue weighted by Crippen LogP contribution is -2.25. The van der Waals surface area contributed by atoms with Gasteiger partial charge in [-0.05, 0) is 55.2 Å². The molecule has 1 aliphatic rings. The number of rotatable bonds is 4. The van der Waals surface area contributed by atoms with Crippen molar-refractivity contribution in [2.45, 2.75) is 46.0 Å². The number of ketones is 1. The van der Waals surface area contributed by atoms with Crippen molar-refractivity contribution in [3.8, 4) is 0 Å². The number of Topliss-reactive ketones (excluding diaryl/α,β-unsaturated/α-hetero) is 1. The third-order valence-electron chi connectivity index (χ3n) is 4.55. The van der Waals surface area contributed by atoms with E-state index in [4.69, 9.17) is 11.6 Å². The smallest absolute Gasteiger partial charge is 0.140 e. The molecule has 0 N–H and O–H groups in total. The van der Waals surface area contributed by atoms with Gasteiger partial charge in [0.25, 0.3) is 0 Å². The Bertz CT molecular complexity index is 476. The van der Waals surface area contributed by atoms with Crippen LogP contribution in [0.3, 0.4) is 0 Å². The molecule has 1 aromatic carbocycles. The molecule has 110 valence electrons. The fourth-order valence-corrected chi connectivity index (χ4v) is 3.85. The molecule has 0 saturated heterocycles. The molecular formula is C17H22BrClO. The van der Waals surface area contributed by atoms with Crippen molar-refractivity contribution in [2.75, 3.05) is 0 Å². The average Bonchev–Trinajstić information content (AvgIpc) is 2.42. The largest absolute Gasteiger partial charge is 0.299 e. The number of carbonyl (C=O) groups is 1. The van der Waals surface area contributed by atoms with E-state index in [-0.39, 0.29) is 5.92 Å². The number of hydrogen-bond donors (Lipinski definition) is 0. The molecule has 0 atom stereocenters. The molecular weight excluding hydrogens is 336 g/mol. The van der Waals surface area contributed by atoms with Crippen molar-refractivity contribution >= 4 is 33.3 Å². The molecule has 20 heavy (non-hydrogen) atoms. The molecule has 1 nitrogen and oxygen atoms in total. The summed E-state index contributed by atoms with van der Waals surface area (Å²) in [7, 11) is 0. The van der Waals surface area contributed by atoms with Gasteiger partial charge >= 0.3 is 0 Å². The molecule has 1 saturated carbocycles. The lowest BCUT2D eigenvalue weighted by atomic mass is 9.75. The Morgan fingerprint density at radius 1 is 1.30 bits per heavy atom. The highest BCUT2D eigenvalue weighted by Gasteiger charge is 2.27. The normalized spacial score (nSPS) is 23.1. The molecule has 0 bridgehead atoms. The number of benzene rings is 1. The number of halogens is 2. The van der Waals surface area contributed by atoms with Gasteiger partial charge in [0.05, 0.1) is 0 Å². The summed E-state index contributed by atoms with van der Waals surface area (Å²) in [5.74, 6) is 2.14. The Labute approximate surface area is 135 Å². The maximum Gasteiger partial charge on any atom is 0.140 e. The lowest BCUT2D eigenvalue weighted by molar-refractivity contribution is -0.123. The Morgan fingerprint density at radius 2 is 1.95 bits per heavy atom. The van der Waals surface area contributed by atoms with E-state index < -0.39 is 0 Å². The van der Waals surface area contributed by atoms with Crippen molar-refractivity contribution in [3.05, 3.63) is 33.3 Å². The van der Waals surface area contributed by atoms with Gasteiger partial charge < -0.3 is 0 Å². The van der Waals surface area contributed by atoms with Crippen LogP contribution in [-0.4, -0.2) is 5.78 Å². The number of hydrogen-bond acceptors (Lipinski definition) is 1. The van der Waals surface area contributed by atoms with Crippen molar-refractivity contribution < 1.29 is 4.79 Å². The average molecular weight is 358 g/mol. The van der Waals surface area contributed by atoms with Crippen LogP contribution < -0.4 is 0 Å². The second-order valence-corrected chi connectivity index (χ2v) is 7.56. The first-order valence-electron chi connectivity index (χ1n) is 7.44. The van der Waals surface area contributed by atoms with Crippen LogP contribution in [0.1, 0.15) is 45.1 Å². The molecule has 0 unspecified atom stereocenters. The van der Waals surface area contributed by atoms with Crippen molar-refractivity contribution in [1.29, 1.82) is 0 Å². The topological polar surface area (TPSA) is 17.1 Å². The van der Waals surface area contributed by atoms with Gasteiger partial charge in [-0.15, -0.1) is 0 Å². The summed E-state index contributed by atoms with van der Waals surface area (Å²) < 4.78 is 0.955.